The molecule has 0 spiro atoms. The molecule has 166 valence electrons. The quantitative estimate of drug-likeness (QED) is 0.520. The van der Waals surface area contributed by atoms with Crippen LogP contribution in [0.4, 0.5) is 10.1 Å². The number of carbonyl (C=O) groups excluding carboxylic acids is 2. The Bertz CT molecular complexity index is 1020. The normalized spacial score (nSPS) is 15.0. The third-order valence-electron chi connectivity index (χ3n) is 4.45. The van der Waals surface area contributed by atoms with Gasteiger partial charge in [-0.1, -0.05) is 0 Å². The van der Waals surface area contributed by atoms with Gasteiger partial charge in [-0.15, -0.1) is 0 Å². The monoisotopic (exact) mass is 451 g/mol. The predicted octanol–water partition coefficient (Wildman–Crippen LogP) is 0.886. The summed E-state index contributed by atoms with van der Waals surface area (Å²) in [6.45, 7) is 0.564. The molecule has 3 N–H and O–H groups in total. The maximum atomic E-state index is 13.0. The number of anilines is 1. The second-order valence-corrected chi connectivity index (χ2v) is 8.57. The summed E-state index contributed by atoms with van der Waals surface area (Å²) in [5.74, 6) is -1.60. The molecule has 1 fully saturated rings. The van der Waals surface area contributed by atoms with Crippen LogP contribution in [-0.2, 0) is 24.3 Å². The van der Waals surface area contributed by atoms with Gasteiger partial charge in [0.2, 0.25) is 15.9 Å². The van der Waals surface area contributed by atoms with Crippen molar-refractivity contribution in [3.8, 4) is 0 Å². The molecule has 0 unspecified atom stereocenters. The molecule has 2 amide bonds. The highest BCUT2D eigenvalue weighted by Crippen LogP contribution is 2.16. The second-order valence-electron chi connectivity index (χ2n) is 6.86. The summed E-state index contributed by atoms with van der Waals surface area (Å²) in [5, 5.41) is 5.13. The van der Waals surface area contributed by atoms with E-state index in [4.69, 9.17) is 9.47 Å². The van der Waals surface area contributed by atoms with Crippen molar-refractivity contribution >= 4 is 27.5 Å². The van der Waals surface area contributed by atoms with Gasteiger partial charge in [0, 0.05) is 18.4 Å². The van der Waals surface area contributed by atoms with Gasteiger partial charge < -0.3 is 20.1 Å². The first-order valence-corrected chi connectivity index (χ1v) is 10.8. The molecular formula is C20H22FN3O6S. The molecular weight excluding hydrogens is 429 g/mol. The zero-order valence-electron chi connectivity index (χ0n) is 16.6. The number of nitrogens with one attached hydrogen (secondary N) is 3. The average molecular weight is 451 g/mol. The van der Waals surface area contributed by atoms with Crippen LogP contribution < -0.4 is 15.4 Å². The van der Waals surface area contributed by atoms with Gasteiger partial charge in [-0.05, 0) is 48.5 Å². The van der Waals surface area contributed by atoms with Crippen molar-refractivity contribution in [2.24, 2.45) is 0 Å². The van der Waals surface area contributed by atoms with E-state index in [2.05, 4.69) is 15.4 Å². The van der Waals surface area contributed by atoms with Crippen LogP contribution in [0.1, 0.15) is 10.4 Å². The molecule has 0 radical (unpaired) electrons. The van der Waals surface area contributed by atoms with Crippen molar-refractivity contribution in [1.29, 1.82) is 0 Å². The first-order valence-electron chi connectivity index (χ1n) is 9.35. The van der Waals surface area contributed by atoms with Crippen LogP contribution in [0, 0.1) is 5.82 Å². The van der Waals surface area contributed by atoms with Crippen LogP contribution >= 0.6 is 0 Å². The molecule has 0 bridgehead atoms. The number of sulfonamides is 1. The van der Waals surface area contributed by atoms with E-state index in [0.29, 0.717) is 18.9 Å². The van der Waals surface area contributed by atoms with Crippen molar-refractivity contribution in [2.75, 3.05) is 32.2 Å². The lowest BCUT2D eigenvalue weighted by Crippen LogP contribution is -2.48. The number of hydrogen-bond acceptors (Lipinski definition) is 6. The van der Waals surface area contributed by atoms with E-state index < -0.39 is 33.7 Å². The molecule has 1 aliphatic rings. The number of methoxy groups -OCH3 is 1. The minimum absolute atomic E-state index is 0.0513. The highest BCUT2D eigenvalue weighted by atomic mass is 32.2. The van der Waals surface area contributed by atoms with E-state index in [0.717, 1.165) is 12.1 Å². The fraction of sp³-hybridized carbons (Fsp3) is 0.300. The minimum Gasteiger partial charge on any atom is -0.382 e. The molecule has 2 aromatic carbocycles. The molecule has 0 aromatic heterocycles. The Balaban J connectivity index is 1.63. The molecule has 31 heavy (non-hydrogen) atoms. The smallest absolute Gasteiger partial charge is 0.251 e. The summed E-state index contributed by atoms with van der Waals surface area (Å²) in [6.07, 6.45) is 0. The Labute approximate surface area is 179 Å². The fourth-order valence-electron chi connectivity index (χ4n) is 2.73. The molecule has 3 rings (SSSR count). The van der Waals surface area contributed by atoms with E-state index in [1.54, 1.807) is 0 Å². The molecule has 1 saturated heterocycles. The first kappa shape index (κ1) is 22.8. The van der Waals surface area contributed by atoms with Crippen molar-refractivity contribution in [3.63, 3.8) is 0 Å². The molecule has 0 aliphatic carbocycles. The maximum Gasteiger partial charge on any atom is 0.251 e. The minimum atomic E-state index is -3.69. The van der Waals surface area contributed by atoms with Crippen LogP contribution in [0.25, 0.3) is 0 Å². The van der Waals surface area contributed by atoms with Crippen LogP contribution in [0.3, 0.4) is 0 Å². The van der Waals surface area contributed by atoms with Crippen molar-refractivity contribution < 1.29 is 31.9 Å². The van der Waals surface area contributed by atoms with Gasteiger partial charge in [0.15, 0.2) is 0 Å². The lowest BCUT2D eigenvalue weighted by Gasteiger charge is -2.26. The van der Waals surface area contributed by atoms with E-state index >= 15 is 0 Å². The van der Waals surface area contributed by atoms with Crippen LogP contribution in [0.15, 0.2) is 53.4 Å². The SMILES string of the molecule is COC[C@H](NC(=O)c1ccc(F)cc1)C(=O)Nc1ccc(S(=O)(=O)NC2COC2)cc1. The number of amides is 2. The fourth-order valence-corrected chi connectivity index (χ4v) is 3.94. The Morgan fingerprint density at radius 2 is 1.77 bits per heavy atom. The number of rotatable bonds is 9. The summed E-state index contributed by atoms with van der Waals surface area (Å²) in [6, 6.07) is 9.22. The van der Waals surface area contributed by atoms with Crippen molar-refractivity contribution in [3.05, 3.63) is 59.9 Å². The molecule has 1 aliphatic heterocycles. The number of benzene rings is 2. The highest BCUT2D eigenvalue weighted by Gasteiger charge is 2.26. The van der Waals surface area contributed by atoms with Crippen molar-refractivity contribution in [2.45, 2.75) is 17.0 Å². The van der Waals surface area contributed by atoms with E-state index in [1.807, 2.05) is 0 Å². The standard InChI is InChI=1S/C20H22FN3O6S/c1-29-12-18(23-19(25)13-2-4-14(21)5-3-13)20(26)22-15-6-8-17(9-7-15)31(27,28)24-16-10-30-11-16/h2-9,16,18,24H,10-12H2,1H3,(H,22,26)(H,23,25)/t18-/m0/s1. The zero-order valence-corrected chi connectivity index (χ0v) is 17.4. The Hall–Kier alpha value is -2.86. The third-order valence-corrected chi connectivity index (χ3v) is 5.99. The van der Waals surface area contributed by atoms with Crippen molar-refractivity contribution in [1.82, 2.24) is 10.0 Å². The number of hydrogen-bond donors (Lipinski definition) is 3. The van der Waals surface area contributed by atoms with E-state index in [-0.39, 0.29) is 23.1 Å². The zero-order chi connectivity index (χ0) is 22.4. The lowest BCUT2D eigenvalue weighted by molar-refractivity contribution is -0.119. The van der Waals surface area contributed by atoms with Gasteiger partial charge in [0.25, 0.3) is 5.91 Å². The molecule has 1 atom stereocenters. The Morgan fingerprint density at radius 3 is 2.32 bits per heavy atom. The van der Waals surface area contributed by atoms with Gasteiger partial charge in [0.1, 0.15) is 11.9 Å². The average Bonchev–Trinajstić information content (AvgIpc) is 2.71. The second kappa shape index (κ2) is 9.96. The summed E-state index contributed by atoms with van der Waals surface area (Å²) in [4.78, 5) is 25.0. The van der Waals surface area contributed by atoms with E-state index in [9.17, 15) is 22.4 Å². The third kappa shape index (κ3) is 6.07. The Kier molecular flexibility index (Phi) is 7.33. The number of halogens is 1. The topological polar surface area (TPSA) is 123 Å². The summed E-state index contributed by atoms with van der Waals surface area (Å²) < 4.78 is 50.1. The van der Waals surface area contributed by atoms with Crippen LogP contribution in [-0.4, -0.2) is 59.2 Å². The molecule has 1 heterocycles. The first-order chi connectivity index (χ1) is 14.8. The van der Waals surface area contributed by atoms with Crippen LogP contribution in [0.5, 0.6) is 0 Å². The van der Waals surface area contributed by atoms with Gasteiger partial charge in [-0.3, -0.25) is 9.59 Å². The van der Waals surface area contributed by atoms with Gasteiger partial charge >= 0.3 is 0 Å². The molecule has 9 nitrogen and oxygen atoms in total. The molecule has 0 saturated carbocycles. The van der Waals surface area contributed by atoms with E-state index in [1.165, 1.54) is 43.5 Å². The van der Waals surface area contributed by atoms with Gasteiger partial charge in [-0.2, -0.15) is 0 Å². The van der Waals surface area contributed by atoms with Crippen LogP contribution in [0.2, 0.25) is 0 Å². The summed E-state index contributed by atoms with van der Waals surface area (Å²) in [5.41, 5.74) is 0.530. The summed E-state index contributed by atoms with van der Waals surface area (Å²) in [7, 11) is -2.31. The molecule has 2 aromatic rings. The number of carbonyl (C=O) groups is 2. The van der Waals surface area contributed by atoms with Gasteiger partial charge in [0.05, 0.1) is 30.8 Å². The maximum absolute atomic E-state index is 13.0. The highest BCUT2D eigenvalue weighted by molar-refractivity contribution is 7.89. The molecule has 11 heteroatoms. The predicted molar refractivity (Wildman–Crippen MR) is 110 cm³/mol. The number of ether oxygens (including phenoxy) is 2. The van der Waals surface area contributed by atoms with Gasteiger partial charge in [-0.25, -0.2) is 17.5 Å². The largest absolute Gasteiger partial charge is 0.382 e. The summed E-state index contributed by atoms with van der Waals surface area (Å²) >= 11 is 0. The lowest BCUT2D eigenvalue weighted by atomic mass is 10.2. The Morgan fingerprint density at radius 1 is 1.13 bits per heavy atom.